The molecular weight excluding hydrogens is 268 g/mol. The summed E-state index contributed by atoms with van der Waals surface area (Å²) in [5, 5.41) is 0. The van der Waals surface area contributed by atoms with Crippen molar-refractivity contribution in [3.05, 3.63) is 26.3 Å². The molecule has 0 unspecified atom stereocenters. The number of rotatable bonds is 4. The topological polar surface area (TPSA) is 45.8 Å². The van der Waals surface area contributed by atoms with Crippen LogP contribution in [0.1, 0.15) is 38.2 Å². The van der Waals surface area contributed by atoms with Crippen LogP contribution in [0.5, 0.6) is 0 Å². The lowest BCUT2D eigenvalue weighted by Crippen LogP contribution is -2.17. The highest BCUT2D eigenvalue weighted by atomic mass is 79.9. The van der Waals surface area contributed by atoms with Gasteiger partial charge in [-0.15, -0.1) is 0 Å². The highest BCUT2D eigenvalue weighted by Gasteiger charge is 2.23. The summed E-state index contributed by atoms with van der Waals surface area (Å²) in [6, 6.07) is 0. The van der Waals surface area contributed by atoms with Gasteiger partial charge in [-0.2, -0.15) is 0 Å². The Balaban J connectivity index is 2.26. The van der Waals surface area contributed by atoms with Gasteiger partial charge in [-0.1, -0.05) is 13.8 Å². The van der Waals surface area contributed by atoms with E-state index in [4.69, 9.17) is 0 Å². The third-order valence-corrected chi connectivity index (χ3v) is 3.58. The molecule has 0 atom stereocenters. The van der Waals surface area contributed by atoms with E-state index in [2.05, 4.69) is 39.7 Å². The summed E-state index contributed by atoms with van der Waals surface area (Å²) in [4.78, 5) is 19.1. The second-order valence-corrected chi connectivity index (χ2v) is 5.81. The first kappa shape index (κ1) is 11.8. The molecule has 0 aliphatic heterocycles. The van der Waals surface area contributed by atoms with Gasteiger partial charge >= 0.3 is 0 Å². The molecule has 0 spiro atoms. The average Bonchev–Trinajstić information content (AvgIpc) is 2.96. The van der Waals surface area contributed by atoms with Crippen molar-refractivity contribution in [2.24, 2.45) is 11.8 Å². The van der Waals surface area contributed by atoms with Gasteiger partial charge in [0.05, 0.1) is 5.69 Å². The summed E-state index contributed by atoms with van der Waals surface area (Å²) in [6.07, 6.45) is 4.33. The summed E-state index contributed by atoms with van der Waals surface area (Å²) >= 11 is 3.32. The molecular formula is C12H17BrN2O. The quantitative estimate of drug-likeness (QED) is 0.924. The van der Waals surface area contributed by atoms with Crippen molar-refractivity contribution in [2.75, 3.05) is 0 Å². The molecule has 1 aliphatic rings. The van der Waals surface area contributed by atoms with Gasteiger partial charge in [0.25, 0.3) is 5.56 Å². The van der Waals surface area contributed by atoms with E-state index in [1.54, 1.807) is 0 Å². The van der Waals surface area contributed by atoms with Crippen LogP contribution in [0.3, 0.4) is 0 Å². The number of halogens is 1. The molecule has 0 bridgehead atoms. The van der Waals surface area contributed by atoms with E-state index >= 15 is 0 Å². The lowest BCUT2D eigenvalue weighted by molar-refractivity contribution is 0.622. The SMILES string of the molecule is CC(C)Cc1nc(CC2CC2)[nH]c(=O)c1Br. The number of H-pyrrole nitrogens is 1. The molecule has 2 rings (SSSR count). The Morgan fingerprint density at radius 1 is 1.50 bits per heavy atom. The van der Waals surface area contributed by atoms with Crippen molar-refractivity contribution in [2.45, 2.75) is 39.5 Å². The van der Waals surface area contributed by atoms with E-state index in [0.29, 0.717) is 10.4 Å². The van der Waals surface area contributed by atoms with Crippen LogP contribution >= 0.6 is 15.9 Å². The van der Waals surface area contributed by atoms with Gasteiger partial charge in [0.2, 0.25) is 0 Å². The third-order valence-electron chi connectivity index (χ3n) is 2.76. The summed E-state index contributed by atoms with van der Waals surface area (Å²) < 4.78 is 0.598. The second kappa shape index (κ2) is 4.70. The highest BCUT2D eigenvalue weighted by Crippen LogP contribution is 2.31. The molecule has 0 amide bonds. The number of aromatic amines is 1. The Kier molecular flexibility index (Phi) is 3.47. The minimum absolute atomic E-state index is 0.0405. The fourth-order valence-electron chi connectivity index (χ4n) is 1.77. The normalized spacial score (nSPS) is 15.8. The van der Waals surface area contributed by atoms with Crippen molar-refractivity contribution in [1.82, 2.24) is 9.97 Å². The van der Waals surface area contributed by atoms with Crippen molar-refractivity contribution < 1.29 is 0 Å². The van der Waals surface area contributed by atoms with Gasteiger partial charge in [-0.05, 0) is 47.0 Å². The minimum atomic E-state index is -0.0405. The molecule has 1 fully saturated rings. The highest BCUT2D eigenvalue weighted by molar-refractivity contribution is 9.10. The van der Waals surface area contributed by atoms with Crippen molar-refractivity contribution in [1.29, 1.82) is 0 Å². The first-order valence-electron chi connectivity index (χ1n) is 5.84. The molecule has 4 heteroatoms. The van der Waals surface area contributed by atoms with Crippen LogP contribution in [-0.2, 0) is 12.8 Å². The first-order chi connectivity index (χ1) is 7.56. The molecule has 1 heterocycles. The Morgan fingerprint density at radius 2 is 2.19 bits per heavy atom. The van der Waals surface area contributed by atoms with Crippen LogP contribution < -0.4 is 5.56 Å². The number of nitrogens with zero attached hydrogens (tertiary/aromatic N) is 1. The fraction of sp³-hybridized carbons (Fsp3) is 0.667. The maximum absolute atomic E-state index is 11.7. The first-order valence-corrected chi connectivity index (χ1v) is 6.63. The number of aromatic nitrogens is 2. The second-order valence-electron chi connectivity index (χ2n) is 5.02. The maximum Gasteiger partial charge on any atom is 0.265 e. The minimum Gasteiger partial charge on any atom is -0.310 e. The summed E-state index contributed by atoms with van der Waals surface area (Å²) in [5.74, 6) is 2.11. The molecule has 1 aromatic rings. The zero-order valence-electron chi connectivity index (χ0n) is 9.72. The van der Waals surface area contributed by atoms with E-state index in [9.17, 15) is 4.79 Å². The third kappa shape index (κ3) is 2.94. The number of nitrogens with one attached hydrogen (secondary N) is 1. The van der Waals surface area contributed by atoms with Crippen LogP contribution in [0.2, 0.25) is 0 Å². The standard InChI is InChI=1S/C12H17BrN2O/c1-7(2)5-9-11(13)12(16)15-10(14-9)6-8-3-4-8/h7-8H,3-6H2,1-2H3,(H,14,15,16). The van der Waals surface area contributed by atoms with Gasteiger partial charge in [-0.25, -0.2) is 4.98 Å². The van der Waals surface area contributed by atoms with Crippen molar-refractivity contribution in [3.8, 4) is 0 Å². The molecule has 0 radical (unpaired) electrons. The molecule has 0 aromatic carbocycles. The van der Waals surface area contributed by atoms with Gasteiger partial charge in [0.1, 0.15) is 10.3 Å². The molecule has 1 aliphatic carbocycles. The summed E-state index contributed by atoms with van der Waals surface area (Å²) in [6.45, 7) is 4.27. The largest absolute Gasteiger partial charge is 0.310 e. The number of hydrogen-bond donors (Lipinski definition) is 1. The number of hydrogen-bond acceptors (Lipinski definition) is 2. The van der Waals surface area contributed by atoms with E-state index in [1.807, 2.05) is 0 Å². The Bertz CT molecular complexity index is 435. The molecule has 1 N–H and O–H groups in total. The van der Waals surface area contributed by atoms with E-state index in [0.717, 1.165) is 30.3 Å². The lowest BCUT2D eigenvalue weighted by atomic mass is 10.1. The van der Waals surface area contributed by atoms with Crippen LogP contribution in [-0.4, -0.2) is 9.97 Å². The van der Waals surface area contributed by atoms with E-state index in [1.165, 1.54) is 12.8 Å². The zero-order valence-corrected chi connectivity index (χ0v) is 11.3. The Labute approximate surface area is 104 Å². The molecule has 1 aromatic heterocycles. The average molecular weight is 285 g/mol. The zero-order chi connectivity index (χ0) is 11.7. The smallest absolute Gasteiger partial charge is 0.265 e. The molecule has 16 heavy (non-hydrogen) atoms. The maximum atomic E-state index is 11.7. The van der Waals surface area contributed by atoms with Gasteiger partial charge in [0, 0.05) is 6.42 Å². The molecule has 88 valence electrons. The summed E-state index contributed by atoms with van der Waals surface area (Å²) in [5.41, 5.74) is 0.857. The monoisotopic (exact) mass is 284 g/mol. The molecule has 1 saturated carbocycles. The van der Waals surface area contributed by atoms with E-state index in [-0.39, 0.29) is 5.56 Å². The van der Waals surface area contributed by atoms with Crippen LogP contribution in [0.4, 0.5) is 0 Å². The molecule has 3 nitrogen and oxygen atoms in total. The molecule has 0 saturated heterocycles. The Hall–Kier alpha value is -0.640. The fourth-order valence-corrected chi connectivity index (χ4v) is 2.12. The predicted octanol–water partition coefficient (Wildman–Crippen LogP) is 2.68. The van der Waals surface area contributed by atoms with Crippen LogP contribution in [0, 0.1) is 11.8 Å². The summed E-state index contributed by atoms with van der Waals surface area (Å²) in [7, 11) is 0. The van der Waals surface area contributed by atoms with Crippen molar-refractivity contribution >= 4 is 15.9 Å². The van der Waals surface area contributed by atoms with Crippen LogP contribution in [0.25, 0.3) is 0 Å². The van der Waals surface area contributed by atoms with E-state index < -0.39 is 0 Å². The Morgan fingerprint density at radius 3 is 2.75 bits per heavy atom. The predicted molar refractivity (Wildman–Crippen MR) is 67.5 cm³/mol. The van der Waals surface area contributed by atoms with Crippen molar-refractivity contribution in [3.63, 3.8) is 0 Å². The van der Waals surface area contributed by atoms with Gasteiger partial charge in [-0.3, -0.25) is 4.79 Å². The van der Waals surface area contributed by atoms with Gasteiger partial charge < -0.3 is 4.98 Å². The lowest BCUT2D eigenvalue weighted by Gasteiger charge is -2.08. The van der Waals surface area contributed by atoms with Crippen LogP contribution in [0.15, 0.2) is 9.27 Å². The van der Waals surface area contributed by atoms with Gasteiger partial charge in [0.15, 0.2) is 0 Å².